The molecule has 0 saturated carbocycles. The summed E-state index contributed by atoms with van der Waals surface area (Å²) in [5, 5.41) is 8.07. The second-order valence-electron chi connectivity index (χ2n) is 4.15. The molecule has 0 aliphatic rings. The first-order valence-corrected chi connectivity index (χ1v) is 7.57. The lowest BCUT2D eigenvalue weighted by Crippen LogP contribution is -2.17. The van der Waals surface area contributed by atoms with Crippen molar-refractivity contribution in [2.75, 3.05) is 12.4 Å². The molecule has 0 fully saturated rings. The van der Waals surface area contributed by atoms with E-state index in [1.165, 1.54) is 4.88 Å². The standard InChI is InChI=1S/C14H15BrN2OS/c1-9-7-10(14(18)16-2)3-4-12(9)17-8-13-11(15)5-6-19-13/h3-7,17H,8H2,1-2H3,(H,16,18). The summed E-state index contributed by atoms with van der Waals surface area (Å²) in [6, 6.07) is 7.72. The fourth-order valence-electron chi connectivity index (χ4n) is 1.77. The first-order chi connectivity index (χ1) is 9.11. The number of rotatable bonds is 4. The molecule has 2 N–H and O–H groups in total. The van der Waals surface area contributed by atoms with E-state index in [-0.39, 0.29) is 5.91 Å². The number of carbonyl (C=O) groups excluding carboxylic acids is 1. The lowest BCUT2D eigenvalue weighted by molar-refractivity contribution is 0.0963. The zero-order valence-electron chi connectivity index (χ0n) is 10.8. The van der Waals surface area contributed by atoms with Crippen molar-refractivity contribution < 1.29 is 4.79 Å². The Morgan fingerprint density at radius 1 is 1.37 bits per heavy atom. The molecule has 1 amide bonds. The molecule has 2 rings (SSSR count). The lowest BCUT2D eigenvalue weighted by Gasteiger charge is -2.10. The van der Waals surface area contributed by atoms with E-state index in [4.69, 9.17) is 0 Å². The first-order valence-electron chi connectivity index (χ1n) is 5.90. The molecule has 0 spiro atoms. The minimum atomic E-state index is -0.0596. The van der Waals surface area contributed by atoms with Crippen molar-refractivity contribution in [3.63, 3.8) is 0 Å². The van der Waals surface area contributed by atoms with Crippen molar-refractivity contribution in [2.24, 2.45) is 0 Å². The molecule has 0 bridgehead atoms. The van der Waals surface area contributed by atoms with Gasteiger partial charge >= 0.3 is 0 Å². The van der Waals surface area contributed by atoms with E-state index in [1.807, 2.05) is 31.2 Å². The van der Waals surface area contributed by atoms with Gasteiger partial charge in [-0.15, -0.1) is 11.3 Å². The molecular formula is C14H15BrN2OS. The van der Waals surface area contributed by atoms with Crippen LogP contribution in [0.2, 0.25) is 0 Å². The Hall–Kier alpha value is -1.33. The monoisotopic (exact) mass is 338 g/mol. The number of thiophene rings is 1. The highest BCUT2D eigenvalue weighted by Crippen LogP contribution is 2.24. The van der Waals surface area contributed by atoms with Crippen molar-refractivity contribution in [3.8, 4) is 0 Å². The second-order valence-corrected chi connectivity index (χ2v) is 6.01. The number of amides is 1. The molecule has 0 aliphatic heterocycles. The number of benzene rings is 1. The van der Waals surface area contributed by atoms with Crippen LogP contribution >= 0.6 is 27.3 Å². The molecule has 19 heavy (non-hydrogen) atoms. The van der Waals surface area contributed by atoms with Gasteiger partial charge in [0.1, 0.15) is 0 Å². The SMILES string of the molecule is CNC(=O)c1ccc(NCc2sccc2Br)c(C)c1. The summed E-state index contributed by atoms with van der Waals surface area (Å²) in [5.74, 6) is -0.0596. The molecule has 0 radical (unpaired) electrons. The minimum absolute atomic E-state index is 0.0596. The van der Waals surface area contributed by atoms with E-state index in [9.17, 15) is 4.79 Å². The van der Waals surface area contributed by atoms with E-state index in [2.05, 4.69) is 31.9 Å². The van der Waals surface area contributed by atoms with Gasteiger partial charge in [0.2, 0.25) is 0 Å². The van der Waals surface area contributed by atoms with Crippen LogP contribution in [0, 0.1) is 6.92 Å². The Labute approximate surface area is 125 Å². The molecule has 2 aromatic rings. The van der Waals surface area contributed by atoms with E-state index in [0.717, 1.165) is 22.3 Å². The number of hydrogen-bond donors (Lipinski definition) is 2. The van der Waals surface area contributed by atoms with Gasteiger partial charge in [0.15, 0.2) is 0 Å². The van der Waals surface area contributed by atoms with Gasteiger partial charge in [-0.1, -0.05) is 0 Å². The average molecular weight is 339 g/mol. The quantitative estimate of drug-likeness (QED) is 0.890. The number of aryl methyl sites for hydroxylation is 1. The Morgan fingerprint density at radius 2 is 2.16 bits per heavy atom. The predicted molar refractivity (Wildman–Crippen MR) is 83.9 cm³/mol. The number of nitrogens with one attached hydrogen (secondary N) is 2. The summed E-state index contributed by atoms with van der Waals surface area (Å²) in [4.78, 5) is 12.8. The Kier molecular flexibility index (Phi) is 4.61. The number of anilines is 1. The third-order valence-electron chi connectivity index (χ3n) is 2.85. The molecule has 3 nitrogen and oxygen atoms in total. The molecular weight excluding hydrogens is 324 g/mol. The van der Waals surface area contributed by atoms with Crippen LogP contribution in [0.4, 0.5) is 5.69 Å². The molecule has 0 atom stereocenters. The van der Waals surface area contributed by atoms with Crippen LogP contribution in [0.3, 0.4) is 0 Å². The molecule has 0 unspecified atom stereocenters. The van der Waals surface area contributed by atoms with Crippen molar-refractivity contribution in [2.45, 2.75) is 13.5 Å². The smallest absolute Gasteiger partial charge is 0.251 e. The molecule has 1 heterocycles. The first kappa shape index (κ1) is 14.1. The van der Waals surface area contributed by atoms with Gasteiger partial charge in [0.25, 0.3) is 5.91 Å². The van der Waals surface area contributed by atoms with Gasteiger partial charge in [0, 0.05) is 27.6 Å². The van der Waals surface area contributed by atoms with Crippen LogP contribution in [-0.2, 0) is 6.54 Å². The second kappa shape index (κ2) is 6.21. The van der Waals surface area contributed by atoms with E-state index < -0.39 is 0 Å². The van der Waals surface area contributed by atoms with Crippen LogP contribution in [0.5, 0.6) is 0 Å². The van der Waals surface area contributed by atoms with Crippen molar-refractivity contribution in [1.82, 2.24) is 5.32 Å². The maximum absolute atomic E-state index is 11.5. The van der Waals surface area contributed by atoms with Gasteiger partial charge in [-0.05, 0) is 58.1 Å². The Balaban J connectivity index is 2.09. The lowest BCUT2D eigenvalue weighted by atomic mass is 10.1. The van der Waals surface area contributed by atoms with Crippen LogP contribution in [-0.4, -0.2) is 13.0 Å². The molecule has 1 aromatic carbocycles. The minimum Gasteiger partial charge on any atom is -0.380 e. The summed E-state index contributed by atoms with van der Waals surface area (Å²) >= 11 is 5.23. The molecule has 100 valence electrons. The highest BCUT2D eigenvalue weighted by molar-refractivity contribution is 9.10. The largest absolute Gasteiger partial charge is 0.380 e. The summed E-state index contributed by atoms with van der Waals surface area (Å²) in [5.41, 5.74) is 2.80. The molecule has 5 heteroatoms. The van der Waals surface area contributed by atoms with Crippen molar-refractivity contribution in [3.05, 3.63) is 50.1 Å². The maximum Gasteiger partial charge on any atom is 0.251 e. The number of carbonyl (C=O) groups is 1. The normalized spacial score (nSPS) is 10.3. The van der Waals surface area contributed by atoms with Gasteiger partial charge < -0.3 is 10.6 Å². The van der Waals surface area contributed by atoms with Crippen LogP contribution < -0.4 is 10.6 Å². The third kappa shape index (κ3) is 3.36. The fourth-order valence-corrected chi connectivity index (χ4v) is 3.21. The highest BCUT2D eigenvalue weighted by atomic mass is 79.9. The van der Waals surface area contributed by atoms with Gasteiger partial charge in [-0.25, -0.2) is 0 Å². The van der Waals surface area contributed by atoms with Crippen molar-refractivity contribution >= 4 is 38.9 Å². The maximum atomic E-state index is 11.5. The topological polar surface area (TPSA) is 41.1 Å². The van der Waals surface area contributed by atoms with Crippen molar-refractivity contribution in [1.29, 1.82) is 0 Å². The molecule has 0 saturated heterocycles. The van der Waals surface area contributed by atoms with Crippen LogP contribution in [0.1, 0.15) is 20.8 Å². The van der Waals surface area contributed by atoms with E-state index in [1.54, 1.807) is 18.4 Å². The van der Waals surface area contributed by atoms with Gasteiger partial charge in [-0.3, -0.25) is 4.79 Å². The van der Waals surface area contributed by atoms with Gasteiger partial charge in [0.05, 0.1) is 6.54 Å². The van der Waals surface area contributed by atoms with Gasteiger partial charge in [-0.2, -0.15) is 0 Å². The zero-order chi connectivity index (χ0) is 13.8. The average Bonchev–Trinajstić information content (AvgIpc) is 2.82. The fraction of sp³-hybridized carbons (Fsp3) is 0.214. The van der Waals surface area contributed by atoms with Crippen LogP contribution in [0.15, 0.2) is 34.1 Å². The Bertz CT molecular complexity index is 595. The predicted octanol–water partition coefficient (Wildman–Crippen LogP) is 3.79. The highest BCUT2D eigenvalue weighted by Gasteiger charge is 2.06. The van der Waals surface area contributed by atoms with Crippen LogP contribution in [0.25, 0.3) is 0 Å². The molecule has 0 aliphatic carbocycles. The zero-order valence-corrected chi connectivity index (χ0v) is 13.2. The summed E-state index contributed by atoms with van der Waals surface area (Å²) in [7, 11) is 1.64. The summed E-state index contributed by atoms with van der Waals surface area (Å²) < 4.78 is 1.13. The number of halogens is 1. The summed E-state index contributed by atoms with van der Waals surface area (Å²) in [6.07, 6.45) is 0. The molecule has 1 aromatic heterocycles. The van der Waals surface area contributed by atoms with E-state index in [0.29, 0.717) is 5.56 Å². The summed E-state index contributed by atoms with van der Waals surface area (Å²) in [6.45, 7) is 2.77. The number of hydrogen-bond acceptors (Lipinski definition) is 3. The third-order valence-corrected chi connectivity index (χ3v) is 4.77. The Morgan fingerprint density at radius 3 is 2.74 bits per heavy atom. The van der Waals surface area contributed by atoms with E-state index >= 15 is 0 Å².